The molecule has 5 rings (SSSR count). The Morgan fingerprint density at radius 1 is 1.12 bits per heavy atom. The van der Waals surface area contributed by atoms with E-state index in [1.165, 1.54) is 27.1 Å². The summed E-state index contributed by atoms with van der Waals surface area (Å²) in [5.74, 6) is 0.108. The zero-order valence-corrected chi connectivity index (χ0v) is 20.1. The first-order valence-electron chi connectivity index (χ1n) is 10.9. The second-order valence-electron chi connectivity index (χ2n) is 8.57. The highest BCUT2D eigenvalue weighted by Gasteiger charge is 2.26. The monoisotopic (exact) mass is 473 g/mol. The van der Waals surface area contributed by atoms with Gasteiger partial charge in [0.15, 0.2) is 12.4 Å². The van der Waals surface area contributed by atoms with Gasteiger partial charge in [-0.05, 0) is 50.1 Å². The molecule has 0 N–H and O–H groups in total. The number of amides is 1. The number of anilines is 1. The molecular formula is C26H23N3O4S. The average molecular weight is 474 g/mol. The second kappa shape index (κ2) is 8.22. The van der Waals surface area contributed by atoms with Gasteiger partial charge >= 0.3 is 0 Å². The molecule has 2 aromatic carbocycles. The summed E-state index contributed by atoms with van der Waals surface area (Å²) in [5.41, 5.74) is 4.71. The molecule has 2 aromatic heterocycles. The van der Waals surface area contributed by atoms with E-state index in [0.717, 1.165) is 22.3 Å². The van der Waals surface area contributed by atoms with Gasteiger partial charge < -0.3 is 9.64 Å². The van der Waals surface area contributed by atoms with Crippen molar-refractivity contribution in [2.24, 2.45) is 0 Å². The van der Waals surface area contributed by atoms with Crippen LogP contribution in [0, 0.1) is 13.8 Å². The lowest BCUT2D eigenvalue weighted by Crippen LogP contribution is -2.35. The Bertz CT molecular complexity index is 1540. The molecular weight excluding hydrogens is 450 g/mol. The molecule has 4 aromatic rings. The van der Waals surface area contributed by atoms with Gasteiger partial charge in [-0.25, -0.2) is 4.98 Å². The highest BCUT2D eigenvalue weighted by Crippen LogP contribution is 2.34. The van der Waals surface area contributed by atoms with Crippen LogP contribution in [0.25, 0.3) is 21.3 Å². The maximum Gasteiger partial charge on any atom is 0.264 e. The molecule has 172 valence electrons. The van der Waals surface area contributed by atoms with E-state index < -0.39 is 6.04 Å². The lowest BCUT2D eigenvalue weighted by Gasteiger charge is -2.26. The Balaban J connectivity index is 1.56. The van der Waals surface area contributed by atoms with Gasteiger partial charge in [0.1, 0.15) is 10.6 Å². The van der Waals surface area contributed by atoms with Crippen molar-refractivity contribution in [3.8, 4) is 16.9 Å². The van der Waals surface area contributed by atoms with Crippen molar-refractivity contribution in [3.05, 3.63) is 75.1 Å². The Morgan fingerprint density at radius 3 is 2.68 bits per heavy atom. The smallest absolute Gasteiger partial charge is 0.264 e. The fourth-order valence-electron chi connectivity index (χ4n) is 4.33. The molecule has 1 atom stereocenters. The van der Waals surface area contributed by atoms with Gasteiger partial charge in [0.25, 0.3) is 11.5 Å². The number of benzene rings is 2. The number of aromatic nitrogens is 2. The van der Waals surface area contributed by atoms with Crippen LogP contribution in [0.15, 0.2) is 52.9 Å². The van der Waals surface area contributed by atoms with Gasteiger partial charge in [0, 0.05) is 23.6 Å². The Labute approximate surface area is 200 Å². The third-order valence-electron chi connectivity index (χ3n) is 6.32. The normalized spacial score (nSPS) is 14.1. The number of rotatable bonds is 4. The van der Waals surface area contributed by atoms with Gasteiger partial charge in [-0.3, -0.25) is 19.0 Å². The Kier molecular flexibility index (Phi) is 5.32. The molecule has 1 aliphatic heterocycles. The predicted molar refractivity (Wildman–Crippen MR) is 133 cm³/mol. The minimum atomic E-state index is -0.778. The molecule has 1 unspecified atom stereocenters. The fraction of sp³-hybridized carbons (Fsp3) is 0.231. The van der Waals surface area contributed by atoms with E-state index in [1.807, 2.05) is 31.4 Å². The van der Waals surface area contributed by atoms with Crippen LogP contribution in [0.4, 0.5) is 5.69 Å². The molecule has 1 aliphatic rings. The number of likely N-dealkylation sites (N-methyl/N-ethyl adjacent to an activating group) is 1. The second-order valence-corrected chi connectivity index (χ2v) is 9.43. The topological polar surface area (TPSA) is 81.5 Å². The van der Waals surface area contributed by atoms with E-state index in [0.29, 0.717) is 27.2 Å². The predicted octanol–water partition coefficient (Wildman–Crippen LogP) is 4.54. The van der Waals surface area contributed by atoms with E-state index in [2.05, 4.69) is 11.1 Å². The van der Waals surface area contributed by atoms with E-state index in [9.17, 15) is 14.4 Å². The first kappa shape index (κ1) is 22.0. The van der Waals surface area contributed by atoms with Crippen molar-refractivity contribution in [2.45, 2.75) is 26.8 Å². The zero-order valence-electron chi connectivity index (χ0n) is 19.3. The van der Waals surface area contributed by atoms with Crippen LogP contribution in [0.2, 0.25) is 0 Å². The van der Waals surface area contributed by atoms with Crippen molar-refractivity contribution in [1.82, 2.24) is 9.55 Å². The SMILES string of the molecule is Cc1ccc(-c2csc3ncn(C(C)C(=O)c4ccc5c(c4)N(C)C(=O)CO5)c(=O)c23)c(C)c1. The highest BCUT2D eigenvalue weighted by atomic mass is 32.1. The molecule has 0 saturated heterocycles. The summed E-state index contributed by atoms with van der Waals surface area (Å²) in [6, 6.07) is 10.3. The number of aryl methyl sites for hydroxylation is 2. The molecule has 0 fully saturated rings. The van der Waals surface area contributed by atoms with Gasteiger partial charge in [-0.15, -0.1) is 11.3 Å². The van der Waals surface area contributed by atoms with Crippen LogP contribution in [0.1, 0.15) is 34.5 Å². The molecule has 0 bridgehead atoms. The van der Waals surface area contributed by atoms with Crippen LogP contribution in [-0.2, 0) is 4.79 Å². The largest absolute Gasteiger partial charge is 0.482 e. The minimum Gasteiger partial charge on any atom is -0.482 e. The lowest BCUT2D eigenvalue weighted by molar-refractivity contribution is -0.120. The summed E-state index contributed by atoms with van der Waals surface area (Å²) in [4.78, 5) is 45.5. The van der Waals surface area contributed by atoms with Crippen LogP contribution in [0.3, 0.4) is 0 Å². The number of hydrogen-bond donors (Lipinski definition) is 0. The zero-order chi connectivity index (χ0) is 24.1. The first-order chi connectivity index (χ1) is 16.3. The van der Waals surface area contributed by atoms with Crippen LogP contribution < -0.4 is 15.2 Å². The van der Waals surface area contributed by atoms with E-state index in [4.69, 9.17) is 4.74 Å². The van der Waals surface area contributed by atoms with Crippen molar-refractivity contribution >= 4 is 38.9 Å². The number of ketones is 1. The number of nitrogens with zero attached hydrogens (tertiary/aromatic N) is 3. The summed E-state index contributed by atoms with van der Waals surface area (Å²) < 4.78 is 6.83. The Morgan fingerprint density at radius 2 is 1.91 bits per heavy atom. The number of carbonyl (C=O) groups is 2. The minimum absolute atomic E-state index is 0.0301. The maximum absolute atomic E-state index is 13.6. The standard InChI is InChI=1S/C26H23N3O4S/c1-14-5-7-18(15(2)9-14)19-12-34-25-23(19)26(32)29(13-27-25)16(3)24(31)17-6-8-21-20(10-17)28(4)22(30)11-33-21/h5-10,12-13,16H,11H2,1-4H3. The molecule has 34 heavy (non-hydrogen) atoms. The van der Waals surface area contributed by atoms with E-state index >= 15 is 0 Å². The molecule has 3 heterocycles. The van der Waals surface area contributed by atoms with Crippen molar-refractivity contribution in [1.29, 1.82) is 0 Å². The summed E-state index contributed by atoms with van der Waals surface area (Å²) in [6.45, 7) is 5.71. The van der Waals surface area contributed by atoms with Crippen molar-refractivity contribution in [2.75, 3.05) is 18.6 Å². The Hall–Kier alpha value is -3.78. The molecule has 0 saturated carbocycles. The van der Waals surface area contributed by atoms with Crippen LogP contribution >= 0.6 is 11.3 Å². The van der Waals surface area contributed by atoms with Gasteiger partial charge in [0.2, 0.25) is 0 Å². The first-order valence-corrected chi connectivity index (χ1v) is 11.8. The summed E-state index contributed by atoms with van der Waals surface area (Å²) in [5, 5.41) is 2.47. The molecule has 7 nitrogen and oxygen atoms in total. The highest BCUT2D eigenvalue weighted by molar-refractivity contribution is 7.17. The average Bonchev–Trinajstić information content (AvgIpc) is 3.25. The van der Waals surface area contributed by atoms with Crippen molar-refractivity contribution < 1.29 is 14.3 Å². The number of thiophene rings is 1. The van der Waals surface area contributed by atoms with Crippen molar-refractivity contribution in [3.63, 3.8) is 0 Å². The number of Topliss-reactive ketones (excluding diaryl/α,β-unsaturated/α-hetero) is 1. The number of fused-ring (bicyclic) bond motifs is 2. The summed E-state index contributed by atoms with van der Waals surface area (Å²) in [7, 11) is 1.65. The molecule has 8 heteroatoms. The molecule has 0 radical (unpaired) electrons. The number of carbonyl (C=O) groups excluding carboxylic acids is 2. The summed E-state index contributed by atoms with van der Waals surface area (Å²) in [6.07, 6.45) is 1.44. The maximum atomic E-state index is 13.6. The number of ether oxygens (including phenoxy) is 1. The quantitative estimate of drug-likeness (QED) is 0.407. The van der Waals surface area contributed by atoms with Crippen LogP contribution in [0.5, 0.6) is 5.75 Å². The lowest BCUT2D eigenvalue weighted by atomic mass is 9.99. The van der Waals surface area contributed by atoms with Gasteiger partial charge in [-0.2, -0.15) is 0 Å². The van der Waals surface area contributed by atoms with Gasteiger partial charge in [-0.1, -0.05) is 23.8 Å². The van der Waals surface area contributed by atoms with Gasteiger partial charge in [0.05, 0.1) is 23.4 Å². The van der Waals surface area contributed by atoms with E-state index in [1.54, 1.807) is 32.2 Å². The number of hydrogen-bond acceptors (Lipinski definition) is 6. The third-order valence-corrected chi connectivity index (χ3v) is 7.20. The molecule has 0 aliphatic carbocycles. The van der Waals surface area contributed by atoms with E-state index in [-0.39, 0.29) is 23.9 Å². The molecule has 1 amide bonds. The fourth-order valence-corrected chi connectivity index (χ4v) is 5.23. The third kappa shape index (κ3) is 3.51. The molecule has 0 spiro atoms. The summed E-state index contributed by atoms with van der Waals surface area (Å²) >= 11 is 1.42. The van der Waals surface area contributed by atoms with Crippen LogP contribution in [-0.4, -0.2) is 34.9 Å².